The van der Waals surface area contributed by atoms with Gasteiger partial charge in [-0.25, -0.2) is 40.4 Å². The number of hydrogen-bond acceptors (Lipinski definition) is 20. The van der Waals surface area contributed by atoms with Crippen LogP contribution in [0.5, 0.6) is 0 Å². The van der Waals surface area contributed by atoms with Crippen LogP contribution in [-0.2, 0) is 57.0 Å². The summed E-state index contributed by atoms with van der Waals surface area (Å²) < 4.78 is 61.8. The van der Waals surface area contributed by atoms with E-state index >= 15 is 4.79 Å². The number of rotatable bonds is 40. The highest BCUT2D eigenvalue weighted by Crippen LogP contribution is 2.48. The maximum atomic E-state index is 15.5. The molecule has 0 saturated heterocycles. The van der Waals surface area contributed by atoms with Crippen LogP contribution in [0.15, 0.2) is 140 Å². The zero-order valence-corrected chi connectivity index (χ0v) is 93.3. The van der Waals surface area contributed by atoms with Gasteiger partial charge in [0.05, 0.1) is 125 Å². The number of likely N-dealkylation sites (N-methyl/N-ethyl adjacent to an activating group) is 3. The van der Waals surface area contributed by atoms with Gasteiger partial charge < -0.3 is 62.6 Å². The van der Waals surface area contributed by atoms with Crippen LogP contribution < -0.4 is 5.32 Å². The minimum Gasteiger partial charge on any atom is -0.462 e. The molecular formula is C126H178N12O12. The van der Waals surface area contributed by atoms with Crippen LogP contribution in [0.3, 0.4) is 0 Å². The molecule has 150 heavy (non-hydrogen) atoms. The van der Waals surface area contributed by atoms with Gasteiger partial charge in [-0.1, -0.05) is 142 Å². The Balaban J connectivity index is 0.685. The zero-order chi connectivity index (χ0) is 107. The van der Waals surface area contributed by atoms with Crippen LogP contribution >= 0.6 is 0 Å². The number of ether oxygens (including phenoxy) is 9. The van der Waals surface area contributed by atoms with Crippen molar-refractivity contribution in [1.29, 1.82) is 21.0 Å². The predicted molar refractivity (Wildman–Crippen MR) is 587 cm³/mol. The molecule has 1 N–H and O–H groups in total. The molecule has 13 aliphatic rings. The van der Waals surface area contributed by atoms with E-state index in [0.29, 0.717) is 137 Å². The van der Waals surface area contributed by atoms with E-state index in [9.17, 15) is 30.6 Å². The summed E-state index contributed by atoms with van der Waals surface area (Å²) in [5.41, 5.74) is 8.81. The number of allylic oxidation sites excluding steroid dienone is 24. The molecule has 16 atom stereocenters. The second kappa shape index (κ2) is 57.3. The topological polar surface area (TPSA) is 269 Å². The van der Waals surface area contributed by atoms with E-state index in [2.05, 4.69) is 227 Å². The van der Waals surface area contributed by atoms with Crippen molar-refractivity contribution in [3.8, 4) is 24.3 Å². The lowest BCUT2D eigenvalue weighted by molar-refractivity contribution is -0.176. The Bertz CT molecular complexity index is 5230. The fourth-order valence-electron chi connectivity index (χ4n) is 27.7. The van der Waals surface area contributed by atoms with Gasteiger partial charge in [0.1, 0.15) is 18.3 Å². The van der Waals surface area contributed by atoms with Crippen LogP contribution in [0, 0.1) is 159 Å². The van der Waals surface area contributed by atoms with E-state index in [1.165, 1.54) is 29.2 Å². The Morgan fingerprint density at radius 3 is 1.08 bits per heavy atom. The Morgan fingerprint density at radius 2 is 0.720 bits per heavy atom. The van der Waals surface area contributed by atoms with Crippen LogP contribution in [-0.4, -0.2) is 199 Å². The molecule has 814 valence electrons. The smallest absolute Gasteiger partial charge is 0.309 e. The van der Waals surface area contributed by atoms with E-state index in [4.69, 9.17) is 68.9 Å². The van der Waals surface area contributed by atoms with Crippen molar-refractivity contribution in [2.24, 2.45) is 87.3 Å². The molecule has 0 aromatic heterocycles. The van der Waals surface area contributed by atoms with E-state index in [-0.39, 0.29) is 118 Å². The van der Waals surface area contributed by atoms with Gasteiger partial charge in [0.2, 0.25) is 0 Å². The highest BCUT2D eigenvalue weighted by molar-refractivity contribution is 5.75. The van der Waals surface area contributed by atoms with Gasteiger partial charge in [-0.2, -0.15) is 0 Å². The third-order valence-electron chi connectivity index (χ3n) is 35.6. The van der Waals surface area contributed by atoms with Crippen molar-refractivity contribution in [2.75, 3.05) is 87.0 Å². The third kappa shape index (κ3) is 36.5. The average molecular weight is 2050 g/mol. The quantitative estimate of drug-likeness (QED) is 0.0196. The number of carbonyl (C=O) groups is 3. The molecule has 0 aliphatic heterocycles. The van der Waals surface area contributed by atoms with Crippen LogP contribution in [0.1, 0.15) is 327 Å². The van der Waals surface area contributed by atoms with E-state index in [0.717, 1.165) is 260 Å². The van der Waals surface area contributed by atoms with E-state index < -0.39 is 30.0 Å². The molecule has 0 spiro atoms. The summed E-state index contributed by atoms with van der Waals surface area (Å²) in [4.78, 5) is 64.4. The molecule has 13 aliphatic carbocycles. The Labute approximate surface area is 900 Å². The number of nitriles is 4. The fourth-order valence-corrected chi connectivity index (χ4v) is 27.7. The molecule has 0 aromatic carbocycles. The van der Waals surface area contributed by atoms with Crippen LogP contribution in [0.2, 0.25) is 0 Å². The lowest BCUT2D eigenvalue weighted by atomic mass is 9.73. The van der Waals surface area contributed by atoms with Crippen LogP contribution in [0.4, 0.5) is 0 Å². The molecule has 24 nitrogen and oxygen atoms in total. The summed E-state index contributed by atoms with van der Waals surface area (Å²) in [6.45, 7) is 60.5. The Hall–Kier alpha value is -9.19. The summed E-state index contributed by atoms with van der Waals surface area (Å²) >= 11 is 0. The zero-order valence-electron chi connectivity index (χ0n) is 93.3. The number of nitrogens with one attached hydrogen (secondary N) is 1. The van der Waals surface area contributed by atoms with Crippen molar-refractivity contribution in [3.63, 3.8) is 0 Å². The second-order valence-corrected chi connectivity index (χ2v) is 50.4. The summed E-state index contributed by atoms with van der Waals surface area (Å²) in [6, 6.07) is 10.2. The number of nitrogens with zero attached hydrogens (tertiary/aromatic N) is 11. The minimum atomic E-state index is -0.695. The lowest BCUT2D eigenvalue weighted by Crippen LogP contribution is -2.43. The number of hydrogen-bond donors (Lipinski definition) is 1. The first-order valence-corrected chi connectivity index (χ1v) is 57.7. The van der Waals surface area contributed by atoms with E-state index in [1.54, 1.807) is 0 Å². The molecule has 0 radical (unpaired) electrons. The second-order valence-electron chi connectivity index (χ2n) is 50.4. The molecule has 0 aromatic rings. The summed E-state index contributed by atoms with van der Waals surface area (Å²) in [5, 5.41) is 42.8. The molecule has 13 rings (SSSR count). The van der Waals surface area contributed by atoms with Crippen molar-refractivity contribution in [1.82, 2.24) is 20.0 Å². The summed E-state index contributed by atoms with van der Waals surface area (Å²) in [6.07, 6.45) is 57.8. The average Bonchev–Trinajstić information content (AvgIpc) is 0.822. The SMILES string of the molecule is [C-]#[N+]/C(C#N)=C1C=C(/C=C/C2CCC(N(C)CCOC3CC(COC4CC(OCC5CC(OCCNC6CCC(/C=C/C7=CC(=C(\C#N)[N+]#[C-])/CC(C)(C)C7)CC6)CC(OCCN(C)C6CCC(/C=C/C7=CC(=C(\C#N)[N+]#[C-])/CC(C)(C)C7)CC6)C5)CC(C(=O)OC5CC(OC(C)=O)CC(C(=O)OC6CCC(C(C)C)C(C)C6)C5)C4)CC(OCCN(C)C4CCC(/C=C/C5=CC(=C(\C#N)[N+]#[C-])/CC(C)(C)C5)CC4)C3)CC2)CC(C)C/1. The van der Waals surface area contributed by atoms with Crippen molar-refractivity contribution in [3.05, 3.63) is 186 Å². The maximum Gasteiger partial charge on any atom is 0.309 e. The molecule has 16 unspecified atom stereocenters. The Morgan fingerprint density at radius 1 is 0.393 bits per heavy atom. The van der Waals surface area contributed by atoms with Gasteiger partial charge in [-0.15, -0.1) is 0 Å². The highest BCUT2D eigenvalue weighted by atomic mass is 16.6. The lowest BCUT2D eigenvalue weighted by Gasteiger charge is -2.40. The van der Waals surface area contributed by atoms with Gasteiger partial charge in [0.25, 0.3) is 22.8 Å². The maximum absolute atomic E-state index is 15.5. The number of esters is 3. The van der Waals surface area contributed by atoms with Gasteiger partial charge in [0.15, 0.2) is 0 Å². The fraction of sp³-hybridized carbons (Fsp3) is 0.722. The monoisotopic (exact) mass is 2050 g/mol. The van der Waals surface area contributed by atoms with Gasteiger partial charge in [-0.05, 0) is 385 Å². The first-order valence-electron chi connectivity index (χ1n) is 57.7. The van der Waals surface area contributed by atoms with Gasteiger partial charge >= 0.3 is 17.9 Å². The van der Waals surface area contributed by atoms with Crippen molar-refractivity contribution < 1.29 is 57.0 Å². The highest BCUT2D eigenvalue weighted by Gasteiger charge is 2.45. The van der Waals surface area contributed by atoms with Crippen LogP contribution in [0.25, 0.3) is 19.4 Å². The molecule has 0 bridgehead atoms. The molecule has 9 fully saturated rings. The van der Waals surface area contributed by atoms with E-state index in [1.807, 2.05) is 0 Å². The van der Waals surface area contributed by atoms with Gasteiger partial charge in [-0.3, -0.25) is 14.4 Å². The first kappa shape index (κ1) is 118. The van der Waals surface area contributed by atoms with Crippen molar-refractivity contribution >= 4 is 17.9 Å². The number of carbonyl (C=O) groups excluding carboxylic acids is 3. The standard InChI is InChI=1S/C126H178N12O12/c1-84(2)117-44-43-108(55-86(117)4)149-122(140)100-66-115(148-87(5)139)71-116(67-100)150-123(141)99-64-113(146-82-96-60-109(142-49-45-135-104-35-27-88(28-36-104)20-24-93-57-101(119(79-128)132-13)75-124(6,7)72-93)68-110(61-96)143-50-46-137(17)106-39-31-90(32-40-106)21-25-94-58-102(120(80-129)133-14)76-125(8,9)73-94)70-114(65-99)147-83-97-62-111(144-51-47-136(16)105-37-29-89(30-38-105)19-23-92-53-85(3)54-98(56-92)118(78-127)131-12)69-112(63-97)145-52-48-138(18)107-41-33-91(34-42-107)22-26-95-59-103(121(81-130)134-15)77-126(10,11)74-95/h19-26,56-59,84-86,88-91,96-97,99-100,104-117,135H,27-55,60-77,82-83H2,1-11,16-18H3/b23-19+,24-20+,25-21+,26-22+,118-98+,119-101-,120-102-,121-103-. The molecule has 9 saturated carbocycles. The molecular weight excluding hydrogens is 1870 g/mol. The normalized spacial score (nSPS) is 33.7. The first-order chi connectivity index (χ1) is 72.0. The molecule has 0 heterocycles. The Kier molecular flexibility index (Phi) is 45.0. The summed E-state index contributed by atoms with van der Waals surface area (Å²) in [5.74, 6) is 1.56. The third-order valence-corrected chi connectivity index (χ3v) is 35.6. The summed E-state index contributed by atoms with van der Waals surface area (Å²) in [7, 11) is 6.73. The van der Waals surface area contributed by atoms with Gasteiger partial charge in [0, 0.05) is 76.9 Å². The predicted octanol–water partition coefficient (Wildman–Crippen LogP) is 25.6. The van der Waals surface area contributed by atoms with Crippen molar-refractivity contribution in [2.45, 2.75) is 406 Å². The molecule has 24 heteroatoms. The largest absolute Gasteiger partial charge is 0.462 e. The molecule has 0 amide bonds. The minimum absolute atomic E-state index is 0.0302.